The molecule has 1 aromatic heterocycles. The van der Waals surface area contributed by atoms with Gasteiger partial charge in [0.25, 0.3) is 0 Å². The maximum Gasteiger partial charge on any atom is 0.407 e. The number of thioether (sulfide) groups is 1. The number of fused-ring (bicyclic) bond motifs is 3. The minimum absolute atomic E-state index is 0.0250. The highest BCUT2D eigenvalue weighted by atomic mass is 32.2. The second-order valence-electron chi connectivity index (χ2n) is 7.44. The van der Waals surface area contributed by atoms with Gasteiger partial charge in [-0.05, 0) is 33.0 Å². The minimum Gasteiger partial charge on any atom is -0.449 e. The van der Waals surface area contributed by atoms with Gasteiger partial charge in [-0.25, -0.2) is 4.79 Å². The molecule has 5 rings (SSSR count). The zero-order valence-electron chi connectivity index (χ0n) is 17.1. The Hall–Kier alpha value is -3.65. The van der Waals surface area contributed by atoms with Gasteiger partial charge in [0, 0.05) is 11.7 Å². The summed E-state index contributed by atoms with van der Waals surface area (Å²) in [5.41, 5.74) is 5.77. The van der Waals surface area contributed by atoms with Crippen LogP contribution in [0.15, 0.2) is 84.0 Å². The van der Waals surface area contributed by atoms with Crippen LogP contribution in [-0.4, -0.2) is 39.1 Å². The number of tetrazole rings is 1. The largest absolute Gasteiger partial charge is 0.449 e. The number of alkyl carbamates (subject to hydrolysis) is 1. The van der Waals surface area contributed by atoms with Crippen molar-refractivity contribution in [1.29, 1.82) is 0 Å². The maximum atomic E-state index is 12.8. The standard InChI is InChI=1S/C24H21N5O2S/c30-24(25-22(16-8-2-1-3-9-16)15-32-23-26-28-29-27-23)31-14-21-19-12-6-4-10-17(19)18-11-5-7-13-20(18)21/h1-13,21-22H,14-15H2,(H,25,30)(H,26,27,28,29)/t22-/m1/s1. The molecule has 1 atom stereocenters. The number of aromatic nitrogens is 4. The van der Waals surface area contributed by atoms with E-state index in [1.807, 2.05) is 54.6 Å². The van der Waals surface area contributed by atoms with E-state index in [0.29, 0.717) is 10.9 Å². The number of H-pyrrole nitrogens is 1. The minimum atomic E-state index is -0.450. The number of benzene rings is 3. The van der Waals surface area contributed by atoms with Crippen molar-refractivity contribution in [3.8, 4) is 11.1 Å². The van der Waals surface area contributed by atoms with Gasteiger partial charge in [0.05, 0.1) is 6.04 Å². The van der Waals surface area contributed by atoms with Crippen LogP contribution in [0.2, 0.25) is 0 Å². The summed E-state index contributed by atoms with van der Waals surface area (Å²) >= 11 is 1.41. The Bertz CT molecular complexity index is 1150. The lowest BCUT2D eigenvalue weighted by Gasteiger charge is -2.20. The highest BCUT2D eigenvalue weighted by molar-refractivity contribution is 7.99. The third-order valence-electron chi connectivity index (χ3n) is 5.54. The van der Waals surface area contributed by atoms with Crippen molar-refractivity contribution in [3.63, 3.8) is 0 Å². The topological polar surface area (TPSA) is 92.8 Å². The van der Waals surface area contributed by atoms with Crippen molar-refractivity contribution in [3.05, 3.63) is 95.6 Å². The zero-order chi connectivity index (χ0) is 21.8. The molecule has 1 heterocycles. The van der Waals surface area contributed by atoms with Crippen LogP contribution < -0.4 is 5.32 Å². The lowest BCUT2D eigenvalue weighted by atomic mass is 9.98. The van der Waals surface area contributed by atoms with E-state index in [4.69, 9.17) is 4.74 Å². The number of nitrogens with zero attached hydrogens (tertiary/aromatic N) is 3. The van der Waals surface area contributed by atoms with Crippen LogP contribution >= 0.6 is 11.8 Å². The lowest BCUT2D eigenvalue weighted by Crippen LogP contribution is -2.31. The number of rotatable bonds is 7. The Balaban J connectivity index is 1.28. The molecule has 0 bridgehead atoms. The summed E-state index contributed by atoms with van der Waals surface area (Å²) in [6.45, 7) is 0.277. The van der Waals surface area contributed by atoms with Crippen molar-refractivity contribution >= 4 is 17.9 Å². The first-order chi connectivity index (χ1) is 15.8. The molecular weight excluding hydrogens is 422 g/mol. The molecule has 32 heavy (non-hydrogen) atoms. The average Bonchev–Trinajstić information content (AvgIpc) is 3.47. The molecule has 0 saturated carbocycles. The van der Waals surface area contributed by atoms with E-state index >= 15 is 0 Å². The first-order valence-electron chi connectivity index (χ1n) is 10.3. The Kier molecular flexibility index (Phi) is 5.85. The summed E-state index contributed by atoms with van der Waals surface area (Å²) in [6, 6.07) is 26.1. The number of aromatic amines is 1. The van der Waals surface area contributed by atoms with Crippen molar-refractivity contribution < 1.29 is 9.53 Å². The Labute approximate surface area is 189 Å². The van der Waals surface area contributed by atoms with Crippen molar-refractivity contribution in [2.24, 2.45) is 0 Å². The van der Waals surface area contributed by atoms with Gasteiger partial charge < -0.3 is 10.1 Å². The summed E-state index contributed by atoms with van der Waals surface area (Å²) in [7, 11) is 0. The van der Waals surface area contributed by atoms with Crippen LogP contribution in [0.4, 0.5) is 4.79 Å². The number of amides is 1. The molecule has 0 aliphatic heterocycles. The van der Waals surface area contributed by atoms with Gasteiger partial charge in [0.2, 0.25) is 5.16 Å². The molecule has 160 valence electrons. The summed E-state index contributed by atoms with van der Waals surface area (Å²) in [5.74, 6) is 0.574. The quantitative estimate of drug-likeness (QED) is 0.407. The molecule has 1 amide bonds. The van der Waals surface area contributed by atoms with E-state index in [1.165, 1.54) is 34.0 Å². The third-order valence-corrected chi connectivity index (χ3v) is 6.47. The number of carbonyl (C=O) groups is 1. The highest BCUT2D eigenvalue weighted by Gasteiger charge is 2.29. The number of hydrogen-bond acceptors (Lipinski definition) is 6. The summed E-state index contributed by atoms with van der Waals surface area (Å²) in [6.07, 6.45) is -0.450. The van der Waals surface area contributed by atoms with E-state index in [-0.39, 0.29) is 18.6 Å². The van der Waals surface area contributed by atoms with Crippen LogP contribution in [0.5, 0.6) is 0 Å². The van der Waals surface area contributed by atoms with Gasteiger partial charge in [-0.15, -0.1) is 10.2 Å². The fraction of sp³-hybridized carbons (Fsp3) is 0.167. The normalized spacial score (nSPS) is 13.2. The fourth-order valence-electron chi connectivity index (χ4n) is 4.06. The van der Waals surface area contributed by atoms with Crippen LogP contribution in [0.3, 0.4) is 0 Å². The van der Waals surface area contributed by atoms with E-state index in [2.05, 4.69) is 50.2 Å². The van der Waals surface area contributed by atoms with Gasteiger partial charge in [-0.3, -0.25) is 0 Å². The van der Waals surface area contributed by atoms with Crippen LogP contribution in [0.25, 0.3) is 11.1 Å². The van der Waals surface area contributed by atoms with Gasteiger partial charge in [0.15, 0.2) is 0 Å². The van der Waals surface area contributed by atoms with Gasteiger partial charge >= 0.3 is 6.09 Å². The second kappa shape index (κ2) is 9.23. The highest BCUT2D eigenvalue weighted by Crippen LogP contribution is 2.44. The molecule has 0 spiro atoms. The molecule has 0 fully saturated rings. The molecule has 1 aliphatic rings. The van der Waals surface area contributed by atoms with E-state index < -0.39 is 6.09 Å². The van der Waals surface area contributed by atoms with Crippen LogP contribution in [0, 0.1) is 0 Å². The van der Waals surface area contributed by atoms with Gasteiger partial charge in [-0.1, -0.05) is 90.6 Å². The molecule has 3 aromatic carbocycles. The van der Waals surface area contributed by atoms with Crippen molar-refractivity contribution in [2.45, 2.75) is 17.1 Å². The molecule has 1 aliphatic carbocycles. The molecule has 0 saturated heterocycles. The number of carbonyl (C=O) groups excluding carboxylic acids is 1. The fourth-order valence-corrected chi connectivity index (χ4v) is 4.86. The first kappa shape index (κ1) is 20.3. The van der Waals surface area contributed by atoms with Crippen LogP contribution in [-0.2, 0) is 4.74 Å². The van der Waals surface area contributed by atoms with Crippen molar-refractivity contribution in [2.75, 3.05) is 12.4 Å². The Morgan fingerprint density at radius 3 is 2.28 bits per heavy atom. The molecular formula is C24H21N5O2S. The summed E-state index contributed by atoms with van der Waals surface area (Å²) < 4.78 is 5.72. The lowest BCUT2D eigenvalue weighted by molar-refractivity contribution is 0.140. The summed E-state index contributed by atoms with van der Waals surface area (Å²) in [5, 5.41) is 17.5. The predicted octanol–water partition coefficient (Wildman–Crippen LogP) is 4.57. The smallest absolute Gasteiger partial charge is 0.407 e. The van der Waals surface area contributed by atoms with E-state index in [9.17, 15) is 4.79 Å². The van der Waals surface area contributed by atoms with Crippen molar-refractivity contribution in [1.82, 2.24) is 25.9 Å². The molecule has 4 aromatic rings. The summed E-state index contributed by atoms with van der Waals surface area (Å²) in [4.78, 5) is 12.8. The predicted molar refractivity (Wildman–Crippen MR) is 122 cm³/mol. The first-order valence-corrected chi connectivity index (χ1v) is 11.3. The SMILES string of the molecule is O=C(N[C@H](CSc1nn[nH]n1)c1ccccc1)OCC1c2ccccc2-c2ccccc21. The third kappa shape index (κ3) is 4.22. The zero-order valence-corrected chi connectivity index (χ0v) is 18.0. The number of hydrogen-bond donors (Lipinski definition) is 2. The molecule has 8 heteroatoms. The van der Waals surface area contributed by atoms with Gasteiger partial charge in [-0.2, -0.15) is 5.21 Å². The molecule has 2 N–H and O–H groups in total. The number of nitrogens with one attached hydrogen (secondary N) is 2. The monoisotopic (exact) mass is 443 g/mol. The molecule has 7 nitrogen and oxygen atoms in total. The van der Waals surface area contributed by atoms with E-state index in [0.717, 1.165) is 5.56 Å². The average molecular weight is 444 g/mol. The van der Waals surface area contributed by atoms with Gasteiger partial charge in [0.1, 0.15) is 6.61 Å². The Morgan fingerprint density at radius 1 is 0.969 bits per heavy atom. The van der Waals surface area contributed by atoms with E-state index in [1.54, 1.807) is 0 Å². The number of ether oxygens (including phenoxy) is 1. The molecule has 0 radical (unpaired) electrons. The van der Waals surface area contributed by atoms with Crippen LogP contribution in [0.1, 0.15) is 28.7 Å². The molecule has 0 unspecified atom stereocenters. The second-order valence-corrected chi connectivity index (χ2v) is 8.43. The maximum absolute atomic E-state index is 12.8. The Morgan fingerprint density at radius 2 is 1.62 bits per heavy atom.